The van der Waals surface area contributed by atoms with Gasteiger partial charge in [0, 0.05) is 16.7 Å². The summed E-state index contributed by atoms with van der Waals surface area (Å²) in [6.07, 6.45) is 1.56. The highest BCUT2D eigenvalue weighted by atomic mass is 16.5. The fourth-order valence-corrected chi connectivity index (χ4v) is 3.76. The van der Waals surface area contributed by atoms with Crippen LogP contribution in [0, 0.1) is 22.7 Å². The van der Waals surface area contributed by atoms with Crippen LogP contribution in [0.5, 0.6) is 5.75 Å². The van der Waals surface area contributed by atoms with Gasteiger partial charge in [0.15, 0.2) is 5.60 Å². The van der Waals surface area contributed by atoms with Crippen LogP contribution < -0.4 is 4.74 Å². The molecule has 0 aliphatic heterocycles. The van der Waals surface area contributed by atoms with Gasteiger partial charge < -0.3 is 4.74 Å². The zero-order chi connectivity index (χ0) is 22.2. The first kappa shape index (κ1) is 20.7. The predicted octanol–water partition coefficient (Wildman–Crippen LogP) is 6.49. The van der Waals surface area contributed by atoms with Crippen molar-refractivity contribution in [3.8, 4) is 17.9 Å². The van der Waals surface area contributed by atoms with Gasteiger partial charge in [-0.1, -0.05) is 103 Å². The van der Waals surface area contributed by atoms with Crippen molar-refractivity contribution in [2.24, 2.45) is 0 Å². The van der Waals surface area contributed by atoms with Crippen LogP contribution in [0.25, 0.3) is 6.08 Å². The van der Waals surface area contributed by atoms with E-state index in [1.54, 1.807) is 6.08 Å². The molecular weight excluding hydrogens is 392 g/mol. The molecule has 152 valence electrons. The summed E-state index contributed by atoms with van der Waals surface area (Å²) in [5, 5.41) is 18.0. The standard InChI is InChI=1S/C29H20N2O/c30-21-24(22-31)20-23-16-18-28(19-17-23)32-29(25-10-4-1-5-11-25,26-12-6-2-7-13-26)27-14-8-3-9-15-27/h1-20H. The van der Waals surface area contributed by atoms with Crippen LogP contribution in [0.3, 0.4) is 0 Å². The number of allylic oxidation sites excluding steroid dienone is 1. The number of rotatable bonds is 6. The average molecular weight is 412 g/mol. The summed E-state index contributed by atoms with van der Waals surface area (Å²) in [6.45, 7) is 0. The van der Waals surface area contributed by atoms with Gasteiger partial charge in [0.05, 0.1) is 0 Å². The van der Waals surface area contributed by atoms with Crippen LogP contribution in [-0.4, -0.2) is 0 Å². The smallest absolute Gasteiger partial charge is 0.184 e. The molecule has 4 aromatic carbocycles. The first-order valence-corrected chi connectivity index (χ1v) is 10.2. The molecular formula is C29H20N2O. The molecule has 0 aromatic heterocycles. The van der Waals surface area contributed by atoms with Gasteiger partial charge >= 0.3 is 0 Å². The summed E-state index contributed by atoms with van der Waals surface area (Å²) in [5.74, 6) is 0.675. The lowest BCUT2D eigenvalue weighted by atomic mass is 9.80. The summed E-state index contributed by atoms with van der Waals surface area (Å²) in [5.41, 5.74) is 3.00. The molecule has 0 aliphatic rings. The average Bonchev–Trinajstić information content (AvgIpc) is 2.88. The van der Waals surface area contributed by atoms with Crippen molar-refractivity contribution >= 4 is 6.08 Å². The third kappa shape index (κ3) is 4.15. The largest absolute Gasteiger partial charge is 0.473 e. The quantitative estimate of drug-likeness (QED) is 0.269. The Morgan fingerprint density at radius 1 is 0.594 bits per heavy atom. The maximum absolute atomic E-state index is 9.01. The normalized spacial score (nSPS) is 10.4. The molecule has 32 heavy (non-hydrogen) atoms. The third-order valence-electron chi connectivity index (χ3n) is 5.24. The molecule has 0 atom stereocenters. The van der Waals surface area contributed by atoms with Crippen molar-refractivity contribution in [1.82, 2.24) is 0 Å². The van der Waals surface area contributed by atoms with E-state index in [-0.39, 0.29) is 5.57 Å². The first-order chi connectivity index (χ1) is 15.8. The molecule has 0 amide bonds. The Balaban J connectivity index is 1.87. The van der Waals surface area contributed by atoms with Crippen LogP contribution in [0.1, 0.15) is 22.3 Å². The van der Waals surface area contributed by atoms with E-state index in [4.69, 9.17) is 15.3 Å². The van der Waals surface area contributed by atoms with Gasteiger partial charge in [-0.3, -0.25) is 0 Å². The zero-order valence-corrected chi connectivity index (χ0v) is 17.3. The molecule has 0 unspecified atom stereocenters. The molecule has 0 saturated heterocycles. The summed E-state index contributed by atoms with van der Waals surface area (Å²) >= 11 is 0. The van der Waals surface area contributed by atoms with Crippen LogP contribution in [0.15, 0.2) is 121 Å². The number of ether oxygens (including phenoxy) is 1. The molecule has 0 spiro atoms. The Hall–Kier alpha value is -4.60. The van der Waals surface area contributed by atoms with Crippen LogP contribution >= 0.6 is 0 Å². The van der Waals surface area contributed by atoms with Crippen molar-refractivity contribution in [2.75, 3.05) is 0 Å². The van der Waals surface area contributed by atoms with E-state index >= 15 is 0 Å². The summed E-state index contributed by atoms with van der Waals surface area (Å²) in [7, 11) is 0. The lowest BCUT2D eigenvalue weighted by Gasteiger charge is -2.36. The minimum atomic E-state index is -0.856. The Kier molecular flexibility index (Phi) is 6.12. The number of benzene rings is 4. The summed E-state index contributed by atoms with van der Waals surface area (Å²) in [6, 6.07) is 41.7. The highest BCUT2D eigenvalue weighted by Gasteiger charge is 2.38. The van der Waals surface area contributed by atoms with E-state index in [0.717, 1.165) is 22.3 Å². The second-order valence-electron chi connectivity index (χ2n) is 7.23. The van der Waals surface area contributed by atoms with E-state index in [1.165, 1.54) is 0 Å². The van der Waals surface area contributed by atoms with Crippen LogP contribution in [0.4, 0.5) is 0 Å². The Morgan fingerprint density at radius 2 is 1.00 bits per heavy atom. The topological polar surface area (TPSA) is 56.8 Å². The predicted molar refractivity (Wildman–Crippen MR) is 125 cm³/mol. The highest BCUT2D eigenvalue weighted by Crippen LogP contribution is 2.41. The second-order valence-corrected chi connectivity index (χ2v) is 7.23. The third-order valence-corrected chi connectivity index (χ3v) is 5.24. The van der Waals surface area contributed by atoms with Gasteiger partial charge in [-0.05, 0) is 23.8 Å². The molecule has 0 heterocycles. The van der Waals surface area contributed by atoms with Crippen molar-refractivity contribution < 1.29 is 4.74 Å². The second kappa shape index (κ2) is 9.47. The minimum Gasteiger partial charge on any atom is -0.473 e. The number of hydrogen-bond donors (Lipinski definition) is 0. The molecule has 0 N–H and O–H groups in total. The molecule has 0 bridgehead atoms. The fourth-order valence-electron chi connectivity index (χ4n) is 3.76. The number of nitrogens with zero attached hydrogens (tertiary/aromatic N) is 2. The van der Waals surface area contributed by atoms with E-state index in [9.17, 15) is 0 Å². The summed E-state index contributed by atoms with van der Waals surface area (Å²) < 4.78 is 6.82. The van der Waals surface area contributed by atoms with E-state index < -0.39 is 5.60 Å². The molecule has 3 heteroatoms. The molecule has 4 aromatic rings. The van der Waals surface area contributed by atoms with Crippen molar-refractivity contribution in [1.29, 1.82) is 10.5 Å². The van der Waals surface area contributed by atoms with Crippen molar-refractivity contribution in [3.63, 3.8) is 0 Å². The molecule has 0 saturated carbocycles. The molecule has 3 nitrogen and oxygen atoms in total. The van der Waals surface area contributed by atoms with Crippen LogP contribution in [0.2, 0.25) is 0 Å². The van der Waals surface area contributed by atoms with E-state index in [1.807, 2.05) is 91.0 Å². The van der Waals surface area contributed by atoms with Gasteiger partial charge in [-0.25, -0.2) is 0 Å². The van der Waals surface area contributed by atoms with Crippen LogP contribution in [-0.2, 0) is 5.60 Å². The zero-order valence-electron chi connectivity index (χ0n) is 17.3. The van der Waals surface area contributed by atoms with Crippen molar-refractivity contribution in [2.45, 2.75) is 5.60 Å². The minimum absolute atomic E-state index is 0.0610. The van der Waals surface area contributed by atoms with Gasteiger partial charge in [0.2, 0.25) is 0 Å². The first-order valence-electron chi connectivity index (χ1n) is 10.2. The lowest BCUT2D eigenvalue weighted by molar-refractivity contribution is 0.155. The maximum Gasteiger partial charge on any atom is 0.184 e. The molecule has 4 rings (SSSR count). The van der Waals surface area contributed by atoms with E-state index in [0.29, 0.717) is 5.75 Å². The van der Waals surface area contributed by atoms with E-state index in [2.05, 4.69) is 36.4 Å². The SMILES string of the molecule is N#CC(C#N)=Cc1ccc(OC(c2ccccc2)(c2ccccc2)c2ccccc2)cc1. The van der Waals surface area contributed by atoms with Gasteiger partial charge in [0.1, 0.15) is 23.5 Å². The van der Waals surface area contributed by atoms with Crippen molar-refractivity contribution in [3.05, 3.63) is 143 Å². The molecule has 0 fully saturated rings. The van der Waals surface area contributed by atoms with Gasteiger partial charge in [0.25, 0.3) is 0 Å². The maximum atomic E-state index is 9.01. The highest BCUT2D eigenvalue weighted by molar-refractivity contribution is 5.62. The monoisotopic (exact) mass is 412 g/mol. The Morgan fingerprint density at radius 3 is 1.38 bits per heavy atom. The number of hydrogen-bond acceptors (Lipinski definition) is 3. The van der Waals surface area contributed by atoms with Gasteiger partial charge in [-0.2, -0.15) is 10.5 Å². The molecule has 0 aliphatic carbocycles. The lowest BCUT2D eigenvalue weighted by Crippen LogP contribution is -2.36. The Labute approximate surface area is 188 Å². The summed E-state index contributed by atoms with van der Waals surface area (Å²) in [4.78, 5) is 0. The molecule has 0 radical (unpaired) electrons. The fraction of sp³-hybridized carbons (Fsp3) is 0.0345. The Bertz CT molecular complexity index is 1170. The number of nitriles is 2. The van der Waals surface area contributed by atoms with Gasteiger partial charge in [-0.15, -0.1) is 0 Å².